The van der Waals surface area contributed by atoms with Gasteiger partial charge in [-0.1, -0.05) is 6.92 Å². The average Bonchev–Trinajstić information content (AvgIpc) is 2.19. The summed E-state index contributed by atoms with van der Waals surface area (Å²) < 4.78 is 5.34. The van der Waals surface area contributed by atoms with E-state index in [1.807, 2.05) is 13.8 Å². The van der Waals surface area contributed by atoms with E-state index in [-0.39, 0.29) is 5.78 Å². The van der Waals surface area contributed by atoms with Crippen molar-refractivity contribution in [1.29, 1.82) is 0 Å². The predicted molar refractivity (Wildman–Crippen MR) is 54.6 cm³/mol. The molecule has 0 N–H and O–H groups in total. The van der Waals surface area contributed by atoms with Crippen molar-refractivity contribution in [3.05, 3.63) is 24.0 Å². The normalized spacial score (nSPS) is 9.86. The van der Waals surface area contributed by atoms with E-state index < -0.39 is 0 Å². The lowest BCUT2D eigenvalue weighted by atomic mass is 10.1. The monoisotopic (exact) mass is 193 g/mol. The number of ketones is 1. The molecular weight excluding hydrogens is 178 g/mol. The molecule has 0 atom stereocenters. The number of ether oxygens (including phenoxy) is 1. The first-order valence-corrected chi connectivity index (χ1v) is 4.89. The molecule has 76 valence electrons. The van der Waals surface area contributed by atoms with Crippen LogP contribution in [0.5, 0.6) is 5.75 Å². The first kappa shape index (κ1) is 10.7. The summed E-state index contributed by atoms with van der Waals surface area (Å²) in [5.41, 5.74) is 0.594. The molecule has 1 aromatic rings. The lowest BCUT2D eigenvalue weighted by molar-refractivity contribution is 0.0977. The van der Waals surface area contributed by atoms with Crippen LogP contribution in [0.3, 0.4) is 0 Å². The van der Waals surface area contributed by atoms with Gasteiger partial charge in [0.05, 0.1) is 12.2 Å². The molecule has 0 fully saturated rings. The van der Waals surface area contributed by atoms with Gasteiger partial charge in [0.15, 0.2) is 5.78 Å². The van der Waals surface area contributed by atoms with Crippen LogP contribution in [0.15, 0.2) is 18.5 Å². The first-order valence-electron chi connectivity index (χ1n) is 4.89. The Hall–Kier alpha value is -1.38. The number of aromatic nitrogens is 1. The summed E-state index contributed by atoms with van der Waals surface area (Å²) in [6, 6.07) is 1.73. The highest BCUT2D eigenvalue weighted by Gasteiger charge is 2.10. The zero-order chi connectivity index (χ0) is 10.4. The van der Waals surface area contributed by atoms with Crippen LogP contribution < -0.4 is 4.74 Å². The lowest BCUT2D eigenvalue weighted by Crippen LogP contribution is -2.04. The maximum atomic E-state index is 11.6. The molecule has 0 bridgehead atoms. The predicted octanol–water partition coefficient (Wildman–Crippen LogP) is 2.46. The Labute approximate surface area is 84.1 Å². The molecule has 0 aliphatic carbocycles. The van der Waals surface area contributed by atoms with E-state index in [0.29, 0.717) is 24.3 Å². The van der Waals surface area contributed by atoms with Gasteiger partial charge in [-0.25, -0.2) is 0 Å². The Bertz CT molecular complexity index is 310. The molecule has 0 unspecified atom stereocenters. The largest absolute Gasteiger partial charge is 0.493 e. The molecule has 3 heteroatoms. The quantitative estimate of drug-likeness (QED) is 0.674. The molecule has 3 nitrogen and oxygen atoms in total. The summed E-state index contributed by atoms with van der Waals surface area (Å²) >= 11 is 0. The second kappa shape index (κ2) is 5.37. The van der Waals surface area contributed by atoms with Crippen molar-refractivity contribution in [3.8, 4) is 5.75 Å². The van der Waals surface area contributed by atoms with Crippen LogP contribution in [0, 0.1) is 0 Å². The van der Waals surface area contributed by atoms with Gasteiger partial charge in [-0.15, -0.1) is 0 Å². The Kier molecular flexibility index (Phi) is 4.11. The van der Waals surface area contributed by atoms with Crippen LogP contribution in [0.4, 0.5) is 0 Å². The van der Waals surface area contributed by atoms with Crippen molar-refractivity contribution in [2.24, 2.45) is 0 Å². The molecule has 0 saturated heterocycles. The molecule has 0 aliphatic rings. The molecule has 0 aromatic carbocycles. The molecule has 0 aliphatic heterocycles. The zero-order valence-electron chi connectivity index (χ0n) is 8.62. The standard InChI is InChI=1S/C11H15NO2/c1-3-5-10(13)9-8-12-7-6-11(9)14-4-2/h6-8H,3-5H2,1-2H3. The third-order valence-corrected chi connectivity index (χ3v) is 1.86. The highest BCUT2D eigenvalue weighted by Crippen LogP contribution is 2.18. The van der Waals surface area contributed by atoms with Gasteiger partial charge in [-0.05, 0) is 19.4 Å². The van der Waals surface area contributed by atoms with Gasteiger partial charge in [0.25, 0.3) is 0 Å². The number of nitrogens with zero attached hydrogens (tertiary/aromatic N) is 1. The first-order chi connectivity index (χ1) is 6.79. The third-order valence-electron chi connectivity index (χ3n) is 1.86. The van der Waals surface area contributed by atoms with E-state index in [9.17, 15) is 4.79 Å². The van der Waals surface area contributed by atoms with E-state index >= 15 is 0 Å². The van der Waals surface area contributed by atoms with E-state index in [0.717, 1.165) is 6.42 Å². The minimum absolute atomic E-state index is 0.101. The maximum Gasteiger partial charge on any atom is 0.168 e. The summed E-state index contributed by atoms with van der Waals surface area (Å²) in [6.45, 7) is 4.44. The summed E-state index contributed by atoms with van der Waals surface area (Å²) in [5.74, 6) is 0.741. The summed E-state index contributed by atoms with van der Waals surface area (Å²) in [5, 5.41) is 0. The molecule has 1 rings (SSSR count). The number of hydrogen-bond donors (Lipinski definition) is 0. The van der Waals surface area contributed by atoms with Crippen LogP contribution in [0.2, 0.25) is 0 Å². The fraction of sp³-hybridized carbons (Fsp3) is 0.455. The molecule has 14 heavy (non-hydrogen) atoms. The van der Waals surface area contributed by atoms with Crippen LogP contribution in [0.25, 0.3) is 0 Å². The van der Waals surface area contributed by atoms with Gasteiger partial charge in [-0.2, -0.15) is 0 Å². The van der Waals surface area contributed by atoms with Crippen molar-refractivity contribution in [2.45, 2.75) is 26.7 Å². The van der Waals surface area contributed by atoms with Gasteiger partial charge in [-0.3, -0.25) is 9.78 Å². The number of rotatable bonds is 5. The van der Waals surface area contributed by atoms with E-state index in [2.05, 4.69) is 4.98 Å². The van der Waals surface area contributed by atoms with Crippen LogP contribution in [-0.4, -0.2) is 17.4 Å². The van der Waals surface area contributed by atoms with Crippen molar-refractivity contribution in [3.63, 3.8) is 0 Å². The Morgan fingerprint density at radius 3 is 2.93 bits per heavy atom. The van der Waals surface area contributed by atoms with Gasteiger partial charge in [0, 0.05) is 18.8 Å². The van der Waals surface area contributed by atoms with E-state index in [1.165, 1.54) is 0 Å². The Morgan fingerprint density at radius 1 is 1.50 bits per heavy atom. The molecule has 0 radical (unpaired) electrons. The van der Waals surface area contributed by atoms with E-state index in [1.54, 1.807) is 18.5 Å². The summed E-state index contributed by atoms with van der Waals surface area (Å²) in [4.78, 5) is 15.6. The Balaban J connectivity index is 2.88. The molecule has 1 aromatic heterocycles. The molecular formula is C11H15NO2. The van der Waals surface area contributed by atoms with Crippen molar-refractivity contribution in [1.82, 2.24) is 4.98 Å². The molecule has 1 heterocycles. The van der Waals surface area contributed by atoms with Crippen LogP contribution in [-0.2, 0) is 0 Å². The van der Waals surface area contributed by atoms with Crippen LogP contribution >= 0.6 is 0 Å². The zero-order valence-corrected chi connectivity index (χ0v) is 8.62. The fourth-order valence-corrected chi connectivity index (χ4v) is 1.23. The minimum atomic E-state index is 0.101. The van der Waals surface area contributed by atoms with Crippen molar-refractivity contribution >= 4 is 5.78 Å². The van der Waals surface area contributed by atoms with E-state index in [4.69, 9.17) is 4.74 Å². The molecule has 0 spiro atoms. The Morgan fingerprint density at radius 2 is 2.29 bits per heavy atom. The topological polar surface area (TPSA) is 39.2 Å². The average molecular weight is 193 g/mol. The maximum absolute atomic E-state index is 11.6. The molecule has 0 saturated carbocycles. The van der Waals surface area contributed by atoms with Gasteiger partial charge >= 0.3 is 0 Å². The van der Waals surface area contributed by atoms with Gasteiger partial charge < -0.3 is 4.74 Å². The minimum Gasteiger partial charge on any atom is -0.493 e. The van der Waals surface area contributed by atoms with Gasteiger partial charge in [0.1, 0.15) is 5.75 Å². The van der Waals surface area contributed by atoms with Gasteiger partial charge in [0.2, 0.25) is 0 Å². The summed E-state index contributed by atoms with van der Waals surface area (Å²) in [6.07, 6.45) is 4.60. The molecule has 0 amide bonds. The SMILES string of the molecule is CCCC(=O)c1cnccc1OCC. The number of carbonyl (C=O) groups is 1. The highest BCUT2D eigenvalue weighted by molar-refractivity contribution is 5.98. The third kappa shape index (κ3) is 2.55. The highest BCUT2D eigenvalue weighted by atomic mass is 16.5. The lowest BCUT2D eigenvalue weighted by Gasteiger charge is -2.07. The number of carbonyl (C=O) groups excluding carboxylic acids is 1. The number of hydrogen-bond acceptors (Lipinski definition) is 3. The number of Topliss-reactive ketones (excluding diaryl/α,β-unsaturated/α-hetero) is 1. The van der Waals surface area contributed by atoms with Crippen LogP contribution in [0.1, 0.15) is 37.0 Å². The number of pyridine rings is 1. The van der Waals surface area contributed by atoms with Crippen molar-refractivity contribution in [2.75, 3.05) is 6.61 Å². The summed E-state index contributed by atoms with van der Waals surface area (Å²) in [7, 11) is 0. The smallest absolute Gasteiger partial charge is 0.168 e. The fourth-order valence-electron chi connectivity index (χ4n) is 1.23. The van der Waals surface area contributed by atoms with Crippen molar-refractivity contribution < 1.29 is 9.53 Å². The second-order valence-corrected chi connectivity index (χ2v) is 2.98. The second-order valence-electron chi connectivity index (χ2n) is 2.98.